The van der Waals surface area contributed by atoms with Crippen molar-refractivity contribution in [2.45, 2.75) is 12.8 Å². The van der Waals surface area contributed by atoms with Crippen LogP contribution in [0.3, 0.4) is 0 Å². The molecule has 0 amide bonds. The van der Waals surface area contributed by atoms with Crippen molar-refractivity contribution >= 4 is 29.1 Å². The number of ketones is 1. The first-order chi connectivity index (χ1) is 15.0. The molecule has 0 saturated carbocycles. The van der Waals surface area contributed by atoms with Crippen LogP contribution in [0.25, 0.3) is 5.70 Å². The Bertz CT molecular complexity index is 1130. The molecule has 7 heteroatoms. The molecule has 4 rings (SSSR count). The highest BCUT2D eigenvalue weighted by Gasteiger charge is 2.45. The second-order valence-corrected chi connectivity index (χ2v) is 7.30. The molecular weight excluding hydrogens is 398 g/mol. The Balaban J connectivity index is 1.76. The van der Waals surface area contributed by atoms with Gasteiger partial charge in [0.25, 0.3) is 0 Å². The molecule has 0 saturated heterocycles. The van der Waals surface area contributed by atoms with Crippen LogP contribution in [0.1, 0.15) is 34.3 Å². The summed E-state index contributed by atoms with van der Waals surface area (Å²) in [7, 11) is 2.61. The number of fused-ring (bicyclic) bond motifs is 2. The summed E-state index contributed by atoms with van der Waals surface area (Å²) in [6.45, 7) is 1.57. The number of ether oxygens (including phenoxy) is 3. The predicted molar refractivity (Wildman–Crippen MR) is 113 cm³/mol. The van der Waals surface area contributed by atoms with Crippen molar-refractivity contribution in [3.8, 4) is 5.75 Å². The van der Waals surface area contributed by atoms with E-state index >= 15 is 0 Å². The molecule has 2 aromatic carbocycles. The molecule has 0 spiro atoms. The van der Waals surface area contributed by atoms with Crippen LogP contribution in [-0.4, -0.2) is 44.3 Å². The van der Waals surface area contributed by atoms with Gasteiger partial charge < -0.3 is 14.2 Å². The molecule has 7 nitrogen and oxygen atoms in total. The minimum absolute atomic E-state index is 0.133. The molecular formula is C24H21NO6. The zero-order chi connectivity index (χ0) is 22.1. The van der Waals surface area contributed by atoms with Crippen LogP contribution >= 0.6 is 0 Å². The minimum atomic E-state index is -0.719. The summed E-state index contributed by atoms with van der Waals surface area (Å²) in [6, 6.07) is 14.3. The number of rotatable bonds is 5. The molecule has 0 fully saturated rings. The molecule has 0 bridgehead atoms. The van der Waals surface area contributed by atoms with E-state index in [0.717, 1.165) is 11.1 Å². The number of methoxy groups -OCH3 is 2. The van der Waals surface area contributed by atoms with Gasteiger partial charge in [0.2, 0.25) is 0 Å². The van der Waals surface area contributed by atoms with Crippen molar-refractivity contribution in [3.05, 3.63) is 70.8 Å². The number of benzene rings is 2. The summed E-state index contributed by atoms with van der Waals surface area (Å²) in [5.41, 5.74) is 3.79. The molecule has 158 valence electrons. The van der Waals surface area contributed by atoms with Gasteiger partial charge in [-0.3, -0.25) is 14.6 Å². The Kier molecular flexibility index (Phi) is 5.42. The second kappa shape index (κ2) is 8.18. The third-order valence-electron chi connectivity index (χ3n) is 5.59. The highest BCUT2D eigenvalue weighted by molar-refractivity contribution is 6.24. The third-order valence-corrected chi connectivity index (χ3v) is 5.59. The van der Waals surface area contributed by atoms with Gasteiger partial charge >= 0.3 is 11.9 Å². The van der Waals surface area contributed by atoms with Gasteiger partial charge in [0.1, 0.15) is 11.7 Å². The molecule has 1 unspecified atom stereocenters. The van der Waals surface area contributed by atoms with Gasteiger partial charge in [-0.15, -0.1) is 0 Å². The number of hydrogen-bond donors (Lipinski definition) is 0. The molecule has 0 radical (unpaired) electrons. The minimum Gasteiger partial charge on any atom is -0.482 e. The summed E-state index contributed by atoms with van der Waals surface area (Å²) in [5, 5.41) is 0. The standard InChI is InChI=1S/C24H21NO6/c1-13-19(24(28)30-3)20(14-8-10-15(11-9-14)31-12-18(26)29-2)21-22(25-13)16-6-4-5-7-17(16)23(21)27/h4-11,19-20H,12H2,1-3H3/t19?,20-/m0/s1. The van der Waals surface area contributed by atoms with Crippen molar-refractivity contribution in [2.24, 2.45) is 10.9 Å². The maximum atomic E-state index is 13.3. The molecule has 2 atom stereocenters. The van der Waals surface area contributed by atoms with E-state index < -0.39 is 23.8 Å². The fraction of sp³-hybridized carbons (Fsp3) is 0.250. The van der Waals surface area contributed by atoms with Gasteiger partial charge in [0, 0.05) is 28.3 Å². The van der Waals surface area contributed by atoms with E-state index in [1.807, 2.05) is 18.2 Å². The van der Waals surface area contributed by atoms with Crippen LogP contribution in [0.15, 0.2) is 59.1 Å². The fourth-order valence-corrected chi connectivity index (χ4v) is 4.11. The number of nitrogens with zero attached hydrogens (tertiary/aromatic N) is 1. The van der Waals surface area contributed by atoms with Crippen LogP contribution in [0, 0.1) is 5.92 Å². The molecule has 1 aliphatic heterocycles. The van der Waals surface area contributed by atoms with Gasteiger partial charge in [-0.05, 0) is 24.6 Å². The average molecular weight is 419 g/mol. The first-order valence-corrected chi connectivity index (χ1v) is 9.77. The Morgan fingerprint density at radius 1 is 0.968 bits per heavy atom. The van der Waals surface area contributed by atoms with E-state index in [1.54, 1.807) is 37.3 Å². The first kappa shape index (κ1) is 20.5. The van der Waals surface area contributed by atoms with E-state index in [-0.39, 0.29) is 12.4 Å². The molecule has 31 heavy (non-hydrogen) atoms. The highest BCUT2D eigenvalue weighted by Crippen LogP contribution is 2.48. The molecule has 1 aliphatic carbocycles. The van der Waals surface area contributed by atoms with E-state index in [4.69, 9.17) is 9.47 Å². The Hall–Kier alpha value is -3.74. The lowest BCUT2D eigenvalue weighted by molar-refractivity contribution is -0.144. The maximum Gasteiger partial charge on any atom is 0.343 e. The number of allylic oxidation sites excluding steroid dienone is 1. The smallest absolute Gasteiger partial charge is 0.343 e. The number of carbonyl (C=O) groups is 3. The quantitative estimate of drug-likeness (QED) is 0.692. The summed E-state index contributed by atoms with van der Waals surface area (Å²) in [5.74, 6) is -1.86. The SMILES string of the molecule is COC(=O)COc1ccc([C@@H]2C3=C(N=C(C)C2C(=O)OC)c2ccccc2C3=O)cc1. The van der Waals surface area contributed by atoms with E-state index in [2.05, 4.69) is 9.73 Å². The van der Waals surface area contributed by atoms with Crippen molar-refractivity contribution in [2.75, 3.05) is 20.8 Å². The van der Waals surface area contributed by atoms with Crippen molar-refractivity contribution < 1.29 is 28.6 Å². The summed E-state index contributed by atoms with van der Waals surface area (Å²) in [4.78, 5) is 41.9. The number of Topliss-reactive ketones (excluding diaryl/α,β-unsaturated/α-hetero) is 1. The lowest BCUT2D eigenvalue weighted by Crippen LogP contribution is -2.34. The Morgan fingerprint density at radius 2 is 1.65 bits per heavy atom. The van der Waals surface area contributed by atoms with E-state index in [1.165, 1.54) is 14.2 Å². The van der Waals surface area contributed by atoms with Gasteiger partial charge in [0.05, 0.1) is 19.9 Å². The van der Waals surface area contributed by atoms with Crippen LogP contribution in [-0.2, 0) is 19.1 Å². The highest BCUT2D eigenvalue weighted by atomic mass is 16.6. The molecule has 0 aromatic heterocycles. The third kappa shape index (κ3) is 3.52. The van der Waals surface area contributed by atoms with Crippen molar-refractivity contribution in [1.29, 1.82) is 0 Å². The van der Waals surface area contributed by atoms with Crippen molar-refractivity contribution in [3.63, 3.8) is 0 Å². The molecule has 0 N–H and O–H groups in total. The van der Waals surface area contributed by atoms with Gasteiger partial charge in [-0.1, -0.05) is 36.4 Å². The average Bonchev–Trinajstić information content (AvgIpc) is 3.08. The van der Waals surface area contributed by atoms with Crippen LogP contribution in [0.2, 0.25) is 0 Å². The normalized spacial score (nSPS) is 19.3. The van der Waals surface area contributed by atoms with Gasteiger partial charge in [0.15, 0.2) is 12.4 Å². The zero-order valence-corrected chi connectivity index (χ0v) is 17.4. The topological polar surface area (TPSA) is 91.3 Å². The Labute approximate surface area is 179 Å². The van der Waals surface area contributed by atoms with Crippen LogP contribution in [0.5, 0.6) is 5.75 Å². The summed E-state index contributed by atoms with van der Waals surface area (Å²) >= 11 is 0. The maximum absolute atomic E-state index is 13.3. The predicted octanol–water partition coefficient (Wildman–Crippen LogP) is 3.19. The first-order valence-electron chi connectivity index (χ1n) is 9.77. The second-order valence-electron chi connectivity index (χ2n) is 7.30. The number of hydrogen-bond acceptors (Lipinski definition) is 7. The van der Waals surface area contributed by atoms with Gasteiger partial charge in [-0.25, -0.2) is 4.79 Å². The number of aliphatic imine (C=N–C) groups is 1. The molecule has 2 aliphatic rings. The molecule has 1 heterocycles. The number of esters is 2. The summed E-state index contributed by atoms with van der Waals surface area (Å²) in [6.07, 6.45) is 0. The van der Waals surface area contributed by atoms with E-state index in [0.29, 0.717) is 28.3 Å². The van der Waals surface area contributed by atoms with Crippen molar-refractivity contribution in [1.82, 2.24) is 0 Å². The zero-order valence-electron chi connectivity index (χ0n) is 17.4. The van der Waals surface area contributed by atoms with Crippen LogP contribution < -0.4 is 4.74 Å². The summed E-state index contributed by atoms with van der Waals surface area (Å²) < 4.78 is 15.0. The van der Waals surface area contributed by atoms with E-state index in [9.17, 15) is 14.4 Å². The van der Waals surface area contributed by atoms with Gasteiger partial charge in [-0.2, -0.15) is 0 Å². The van der Waals surface area contributed by atoms with Crippen LogP contribution in [0.4, 0.5) is 0 Å². The number of carbonyl (C=O) groups excluding carboxylic acids is 3. The largest absolute Gasteiger partial charge is 0.482 e. The lowest BCUT2D eigenvalue weighted by atomic mass is 9.75. The fourth-order valence-electron chi connectivity index (χ4n) is 4.11. The Morgan fingerprint density at radius 3 is 2.29 bits per heavy atom. The molecule has 2 aromatic rings. The lowest BCUT2D eigenvalue weighted by Gasteiger charge is -2.30. The monoisotopic (exact) mass is 419 g/mol.